The van der Waals surface area contributed by atoms with Gasteiger partial charge in [0.1, 0.15) is 0 Å². The maximum Gasteiger partial charge on any atom is 0.188 e. The smallest absolute Gasteiger partial charge is 0.188 e. The van der Waals surface area contributed by atoms with E-state index in [2.05, 4.69) is 18.8 Å². The van der Waals surface area contributed by atoms with Crippen molar-refractivity contribution in [2.24, 2.45) is 0 Å². The second-order valence-electron chi connectivity index (χ2n) is 3.03. The van der Waals surface area contributed by atoms with Gasteiger partial charge in [-0.2, -0.15) is 0 Å². The molecule has 0 radical (unpaired) electrons. The highest BCUT2D eigenvalue weighted by molar-refractivity contribution is 4.92. The quantitative estimate of drug-likeness (QED) is 0.267. The van der Waals surface area contributed by atoms with Crippen LogP contribution in [0.4, 0.5) is 0 Å². The zero-order valence-corrected chi connectivity index (χ0v) is 9.16. The van der Waals surface area contributed by atoms with Gasteiger partial charge in [-0.3, -0.25) is 0 Å². The Bertz CT molecular complexity index is 157. The topological polar surface area (TPSA) is 30.5 Å². The van der Waals surface area contributed by atoms with Gasteiger partial charge in [-0.1, -0.05) is 19.6 Å². The molecule has 0 aromatic rings. The molecule has 1 unspecified atom stereocenters. The second kappa shape index (κ2) is 10.3. The Kier molecular flexibility index (Phi) is 9.69. The van der Waals surface area contributed by atoms with Crippen molar-refractivity contribution in [3.8, 4) is 0 Å². The third kappa shape index (κ3) is 9.29. The Balaban J connectivity index is 3.21. The summed E-state index contributed by atoms with van der Waals surface area (Å²) in [6.45, 7) is 9.87. The fourth-order valence-corrected chi connectivity index (χ4v) is 0.847. The Morgan fingerprint density at radius 3 is 2.93 bits per heavy atom. The van der Waals surface area contributed by atoms with Crippen LogP contribution in [0.15, 0.2) is 25.0 Å². The minimum Gasteiger partial charge on any atom is -0.475 e. The number of rotatable bonds is 9. The molecular weight excluding hydrogens is 178 g/mol. The van der Waals surface area contributed by atoms with Crippen LogP contribution in [0, 0.1) is 0 Å². The first-order chi connectivity index (χ1) is 6.81. The molecule has 3 nitrogen and oxygen atoms in total. The van der Waals surface area contributed by atoms with Gasteiger partial charge >= 0.3 is 0 Å². The predicted octanol–water partition coefficient (Wildman–Crippen LogP) is 2.06. The monoisotopic (exact) mass is 199 g/mol. The first kappa shape index (κ1) is 13.2. The Labute approximate surface area is 86.8 Å². The number of allylic oxidation sites excluding steroid dienone is 2. The summed E-state index contributed by atoms with van der Waals surface area (Å²) < 4.78 is 10.4. The van der Waals surface area contributed by atoms with Gasteiger partial charge in [-0.05, 0) is 26.0 Å². The zero-order chi connectivity index (χ0) is 10.6. The third-order valence-corrected chi connectivity index (χ3v) is 1.59. The number of hydrogen-bond acceptors (Lipinski definition) is 3. The molecule has 0 fully saturated rings. The molecule has 82 valence electrons. The van der Waals surface area contributed by atoms with Gasteiger partial charge in [0.2, 0.25) is 0 Å². The molecule has 0 aliphatic carbocycles. The minimum absolute atomic E-state index is 0.179. The molecule has 0 aliphatic heterocycles. The average molecular weight is 199 g/mol. The van der Waals surface area contributed by atoms with E-state index in [9.17, 15) is 0 Å². The second-order valence-corrected chi connectivity index (χ2v) is 3.03. The molecular formula is C11H21NO2. The lowest BCUT2D eigenvalue weighted by atomic mass is 10.4. The van der Waals surface area contributed by atoms with E-state index in [1.54, 1.807) is 18.4 Å². The Hall–Kier alpha value is -0.800. The van der Waals surface area contributed by atoms with Crippen molar-refractivity contribution in [2.75, 3.05) is 19.9 Å². The highest BCUT2D eigenvalue weighted by atomic mass is 16.7. The van der Waals surface area contributed by atoms with Gasteiger partial charge < -0.3 is 14.8 Å². The molecule has 0 aromatic heterocycles. The van der Waals surface area contributed by atoms with Crippen LogP contribution in [-0.4, -0.2) is 26.0 Å². The Morgan fingerprint density at radius 2 is 2.29 bits per heavy atom. The summed E-state index contributed by atoms with van der Waals surface area (Å²) in [6, 6.07) is 0. The molecule has 14 heavy (non-hydrogen) atoms. The first-order valence-electron chi connectivity index (χ1n) is 5.02. The summed E-state index contributed by atoms with van der Waals surface area (Å²) in [5.74, 6) is 0. The van der Waals surface area contributed by atoms with Crippen molar-refractivity contribution in [1.82, 2.24) is 5.32 Å². The number of hydrogen-bond donors (Lipinski definition) is 1. The van der Waals surface area contributed by atoms with Crippen LogP contribution in [0.1, 0.15) is 20.3 Å². The van der Waals surface area contributed by atoms with Gasteiger partial charge in [0.05, 0.1) is 12.4 Å². The van der Waals surface area contributed by atoms with E-state index in [4.69, 9.17) is 9.47 Å². The summed E-state index contributed by atoms with van der Waals surface area (Å²) in [5, 5.41) is 3.27. The molecule has 0 aliphatic rings. The van der Waals surface area contributed by atoms with Gasteiger partial charge in [0.25, 0.3) is 0 Å². The predicted molar refractivity (Wildman–Crippen MR) is 59.0 cm³/mol. The summed E-state index contributed by atoms with van der Waals surface area (Å²) in [4.78, 5) is 0. The Morgan fingerprint density at radius 1 is 1.50 bits per heavy atom. The maximum absolute atomic E-state index is 5.36. The van der Waals surface area contributed by atoms with E-state index in [1.807, 2.05) is 6.92 Å². The van der Waals surface area contributed by atoms with E-state index < -0.39 is 0 Å². The van der Waals surface area contributed by atoms with Gasteiger partial charge in [0.15, 0.2) is 6.79 Å². The van der Waals surface area contributed by atoms with E-state index in [0.717, 1.165) is 19.5 Å². The molecule has 1 N–H and O–H groups in total. The molecule has 0 rings (SSSR count). The van der Waals surface area contributed by atoms with Crippen LogP contribution in [-0.2, 0) is 9.47 Å². The third-order valence-electron chi connectivity index (χ3n) is 1.59. The SMILES string of the molecule is C=C/C=C/OCOC(C)CNCCC. The average Bonchev–Trinajstić information content (AvgIpc) is 2.18. The van der Waals surface area contributed by atoms with Crippen LogP contribution >= 0.6 is 0 Å². The van der Waals surface area contributed by atoms with Crippen molar-refractivity contribution in [3.63, 3.8) is 0 Å². The standard InChI is InChI=1S/C11H21NO2/c1-4-6-8-13-10-14-11(3)9-12-7-5-2/h4,6,8,11-12H,1,5,7,9-10H2,2-3H3/b8-6+. The summed E-state index contributed by atoms with van der Waals surface area (Å²) in [6.07, 6.45) is 6.28. The van der Waals surface area contributed by atoms with Crippen LogP contribution in [0.5, 0.6) is 0 Å². The highest BCUT2D eigenvalue weighted by Crippen LogP contribution is 1.90. The summed E-state index contributed by atoms with van der Waals surface area (Å²) in [5.41, 5.74) is 0. The van der Waals surface area contributed by atoms with Crippen molar-refractivity contribution >= 4 is 0 Å². The lowest BCUT2D eigenvalue weighted by molar-refractivity contribution is -0.0484. The lowest BCUT2D eigenvalue weighted by Gasteiger charge is -2.12. The summed E-state index contributed by atoms with van der Waals surface area (Å²) >= 11 is 0. The van der Waals surface area contributed by atoms with E-state index >= 15 is 0 Å². The molecule has 0 saturated heterocycles. The molecule has 3 heteroatoms. The highest BCUT2D eigenvalue weighted by Gasteiger charge is 1.99. The normalized spacial score (nSPS) is 13.0. The van der Waals surface area contributed by atoms with Crippen LogP contribution in [0.25, 0.3) is 0 Å². The largest absolute Gasteiger partial charge is 0.475 e. The van der Waals surface area contributed by atoms with Crippen molar-refractivity contribution in [1.29, 1.82) is 0 Å². The fraction of sp³-hybridized carbons (Fsp3) is 0.636. The molecule has 0 aromatic carbocycles. The zero-order valence-electron chi connectivity index (χ0n) is 9.16. The van der Waals surface area contributed by atoms with Crippen LogP contribution < -0.4 is 5.32 Å². The van der Waals surface area contributed by atoms with Crippen LogP contribution in [0.3, 0.4) is 0 Å². The first-order valence-corrected chi connectivity index (χ1v) is 5.02. The van der Waals surface area contributed by atoms with Gasteiger partial charge in [0, 0.05) is 6.54 Å². The molecule has 0 heterocycles. The van der Waals surface area contributed by atoms with Gasteiger partial charge in [-0.25, -0.2) is 0 Å². The molecule has 0 amide bonds. The molecule has 0 saturated carbocycles. The number of ether oxygens (including phenoxy) is 2. The molecule has 0 spiro atoms. The molecule has 1 atom stereocenters. The maximum atomic E-state index is 5.36. The summed E-state index contributed by atoms with van der Waals surface area (Å²) in [7, 11) is 0. The fourth-order valence-electron chi connectivity index (χ4n) is 0.847. The minimum atomic E-state index is 0.179. The van der Waals surface area contributed by atoms with Crippen molar-refractivity contribution in [2.45, 2.75) is 26.4 Å². The van der Waals surface area contributed by atoms with E-state index in [1.165, 1.54) is 0 Å². The lowest BCUT2D eigenvalue weighted by Crippen LogP contribution is -2.27. The number of nitrogens with one attached hydrogen (secondary N) is 1. The molecule has 0 bridgehead atoms. The van der Waals surface area contributed by atoms with E-state index in [-0.39, 0.29) is 6.10 Å². The van der Waals surface area contributed by atoms with Crippen molar-refractivity contribution < 1.29 is 9.47 Å². The van der Waals surface area contributed by atoms with Gasteiger partial charge in [-0.15, -0.1) is 0 Å². The van der Waals surface area contributed by atoms with E-state index in [0.29, 0.717) is 6.79 Å². The van der Waals surface area contributed by atoms with Crippen LogP contribution in [0.2, 0.25) is 0 Å². The van der Waals surface area contributed by atoms with Crippen molar-refractivity contribution in [3.05, 3.63) is 25.0 Å².